The van der Waals surface area contributed by atoms with Crippen LogP contribution in [-0.4, -0.2) is 60.8 Å². The summed E-state index contributed by atoms with van der Waals surface area (Å²) < 4.78 is 0. The maximum absolute atomic E-state index is 9.05. The van der Waals surface area contributed by atoms with E-state index in [1.54, 1.807) is 27.8 Å². The van der Waals surface area contributed by atoms with Gasteiger partial charge in [-0.15, -0.1) is 0 Å². The molecule has 0 saturated carbocycles. The number of rotatable bonds is 6. The molecule has 0 amide bonds. The SMILES string of the molecule is OCCN1CCN(CCCc2c3c(cc4c2CCC4)CCC3)CC1.[Cl-]. The number of piperazine rings is 1. The fraction of sp³-hybridized carbons (Fsp3) is 0.714. The van der Waals surface area contributed by atoms with Gasteiger partial charge in [0.1, 0.15) is 0 Å². The third kappa shape index (κ3) is 4.21. The molecular weight excluding hydrogens is 332 g/mol. The second kappa shape index (κ2) is 8.85. The lowest BCUT2D eigenvalue weighted by Crippen LogP contribution is -3.00. The molecule has 1 aromatic rings. The van der Waals surface area contributed by atoms with Gasteiger partial charge in [-0.05, 0) is 85.7 Å². The van der Waals surface area contributed by atoms with E-state index >= 15 is 0 Å². The number of aryl methyl sites for hydroxylation is 2. The number of benzene rings is 1. The monoisotopic (exact) mass is 363 g/mol. The Bertz CT molecular complexity index is 549. The molecule has 0 aromatic heterocycles. The maximum Gasteiger partial charge on any atom is 0.0558 e. The highest BCUT2D eigenvalue weighted by atomic mass is 35.5. The van der Waals surface area contributed by atoms with E-state index in [0.717, 1.165) is 19.6 Å². The summed E-state index contributed by atoms with van der Waals surface area (Å²) >= 11 is 0. The molecule has 4 heteroatoms. The van der Waals surface area contributed by atoms with E-state index in [1.165, 1.54) is 71.0 Å². The minimum Gasteiger partial charge on any atom is -1.00 e. The largest absolute Gasteiger partial charge is 1.00 e. The van der Waals surface area contributed by atoms with Crippen molar-refractivity contribution in [2.24, 2.45) is 0 Å². The molecule has 1 aromatic carbocycles. The summed E-state index contributed by atoms with van der Waals surface area (Å²) in [5.41, 5.74) is 8.61. The van der Waals surface area contributed by atoms with Crippen molar-refractivity contribution >= 4 is 0 Å². The van der Waals surface area contributed by atoms with Gasteiger partial charge in [0.25, 0.3) is 0 Å². The summed E-state index contributed by atoms with van der Waals surface area (Å²) in [4.78, 5) is 5.00. The molecular formula is C21H32ClN2O-. The molecule has 1 saturated heterocycles. The third-order valence-electron chi connectivity index (χ3n) is 6.38. The lowest BCUT2D eigenvalue weighted by molar-refractivity contribution is -0.00000613. The number of halogens is 1. The van der Waals surface area contributed by atoms with Gasteiger partial charge < -0.3 is 22.4 Å². The van der Waals surface area contributed by atoms with Gasteiger partial charge in [0.15, 0.2) is 0 Å². The van der Waals surface area contributed by atoms with E-state index in [1.807, 2.05) is 0 Å². The van der Waals surface area contributed by atoms with Gasteiger partial charge in [-0.3, -0.25) is 4.90 Å². The van der Waals surface area contributed by atoms with E-state index in [9.17, 15) is 0 Å². The smallest absolute Gasteiger partial charge is 0.0558 e. The summed E-state index contributed by atoms with van der Waals surface area (Å²) in [6, 6.07) is 2.55. The van der Waals surface area contributed by atoms with E-state index < -0.39 is 0 Å². The number of hydrogen-bond acceptors (Lipinski definition) is 3. The Morgan fingerprint density at radius 1 is 0.800 bits per heavy atom. The molecule has 1 aliphatic heterocycles. The van der Waals surface area contributed by atoms with Gasteiger partial charge in [-0.25, -0.2) is 0 Å². The fourth-order valence-electron chi connectivity index (χ4n) is 5.09. The second-order valence-corrected chi connectivity index (χ2v) is 7.85. The summed E-state index contributed by atoms with van der Waals surface area (Å²) in [7, 11) is 0. The zero-order valence-corrected chi connectivity index (χ0v) is 16.2. The molecule has 1 N–H and O–H groups in total. The van der Waals surface area contributed by atoms with Gasteiger partial charge >= 0.3 is 0 Å². The molecule has 1 heterocycles. The predicted molar refractivity (Wildman–Crippen MR) is 98.8 cm³/mol. The van der Waals surface area contributed by atoms with Crippen LogP contribution in [0.4, 0.5) is 0 Å². The van der Waals surface area contributed by atoms with Crippen LogP contribution in [0.15, 0.2) is 6.07 Å². The Balaban J connectivity index is 0.00000182. The van der Waals surface area contributed by atoms with Crippen molar-refractivity contribution in [2.75, 3.05) is 45.9 Å². The molecule has 3 nitrogen and oxygen atoms in total. The van der Waals surface area contributed by atoms with Crippen LogP contribution in [0.1, 0.15) is 47.1 Å². The van der Waals surface area contributed by atoms with Crippen LogP contribution < -0.4 is 12.4 Å². The Labute approximate surface area is 158 Å². The third-order valence-corrected chi connectivity index (χ3v) is 6.38. The minimum absolute atomic E-state index is 0. The second-order valence-electron chi connectivity index (χ2n) is 7.85. The van der Waals surface area contributed by atoms with Gasteiger partial charge in [-0.2, -0.15) is 0 Å². The molecule has 4 rings (SSSR count). The molecule has 1 fully saturated rings. The Morgan fingerprint density at radius 2 is 1.36 bits per heavy atom. The van der Waals surface area contributed by atoms with Crippen molar-refractivity contribution in [3.05, 3.63) is 33.9 Å². The molecule has 0 radical (unpaired) electrons. The van der Waals surface area contributed by atoms with Gasteiger partial charge in [0.05, 0.1) is 6.61 Å². The maximum atomic E-state index is 9.05. The van der Waals surface area contributed by atoms with E-state index in [0.29, 0.717) is 6.61 Å². The van der Waals surface area contributed by atoms with Crippen molar-refractivity contribution in [3.8, 4) is 0 Å². The minimum atomic E-state index is 0. The first kappa shape index (κ1) is 19.2. The Hall–Kier alpha value is -0.610. The lowest BCUT2D eigenvalue weighted by atomic mass is 9.91. The van der Waals surface area contributed by atoms with Crippen LogP contribution in [0.3, 0.4) is 0 Å². The number of aliphatic hydroxyl groups excluding tert-OH is 1. The van der Waals surface area contributed by atoms with E-state index in [4.69, 9.17) is 5.11 Å². The molecule has 25 heavy (non-hydrogen) atoms. The average molecular weight is 364 g/mol. The van der Waals surface area contributed by atoms with Crippen LogP contribution in [0.5, 0.6) is 0 Å². The number of nitrogens with zero attached hydrogens (tertiary/aromatic N) is 2. The normalized spacial score (nSPS) is 20.4. The van der Waals surface area contributed by atoms with E-state index in [2.05, 4.69) is 15.9 Å². The van der Waals surface area contributed by atoms with Crippen molar-refractivity contribution in [2.45, 2.75) is 51.4 Å². The predicted octanol–water partition coefficient (Wildman–Crippen LogP) is -0.789. The quantitative estimate of drug-likeness (QED) is 0.717. The summed E-state index contributed by atoms with van der Waals surface area (Å²) in [6.45, 7) is 6.97. The van der Waals surface area contributed by atoms with Crippen LogP contribution in [0.2, 0.25) is 0 Å². The van der Waals surface area contributed by atoms with Crippen molar-refractivity contribution in [1.82, 2.24) is 9.80 Å². The van der Waals surface area contributed by atoms with Crippen LogP contribution in [0.25, 0.3) is 0 Å². The van der Waals surface area contributed by atoms with Crippen LogP contribution in [-0.2, 0) is 32.1 Å². The van der Waals surface area contributed by atoms with Crippen molar-refractivity contribution in [3.63, 3.8) is 0 Å². The highest BCUT2D eigenvalue weighted by Crippen LogP contribution is 2.35. The summed E-state index contributed by atoms with van der Waals surface area (Å²) in [6.07, 6.45) is 10.7. The lowest BCUT2D eigenvalue weighted by Gasteiger charge is -2.34. The van der Waals surface area contributed by atoms with Crippen molar-refractivity contribution < 1.29 is 17.5 Å². The van der Waals surface area contributed by atoms with Gasteiger partial charge in [0.2, 0.25) is 0 Å². The number of hydrogen-bond donors (Lipinski definition) is 1. The average Bonchev–Trinajstić information content (AvgIpc) is 3.25. The van der Waals surface area contributed by atoms with Gasteiger partial charge in [0, 0.05) is 32.7 Å². The van der Waals surface area contributed by atoms with Crippen LogP contribution in [0, 0.1) is 0 Å². The van der Waals surface area contributed by atoms with Crippen LogP contribution >= 0.6 is 0 Å². The fourth-order valence-corrected chi connectivity index (χ4v) is 5.09. The topological polar surface area (TPSA) is 26.7 Å². The summed E-state index contributed by atoms with van der Waals surface area (Å²) in [5.74, 6) is 0. The first-order valence-corrected chi connectivity index (χ1v) is 10.1. The van der Waals surface area contributed by atoms with E-state index in [-0.39, 0.29) is 12.4 Å². The number of β-amino-alcohol motifs (C(OH)–C–C–N with tert-alkyl or cyclic N) is 1. The molecule has 0 spiro atoms. The standard InChI is InChI=1S/C21H32N2O.ClH/c24-15-14-23-12-10-22(11-13-23)9-3-8-21-19-6-1-4-17(19)16-18-5-2-7-20(18)21;/h16,24H,1-15H2;1H/p-1. The first-order chi connectivity index (χ1) is 11.8. The summed E-state index contributed by atoms with van der Waals surface area (Å²) in [5, 5.41) is 9.05. The zero-order valence-electron chi connectivity index (χ0n) is 15.4. The highest BCUT2D eigenvalue weighted by molar-refractivity contribution is 5.50. The van der Waals surface area contributed by atoms with Gasteiger partial charge in [-0.1, -0.05) is 6.07 Å². The Morgan fingerprint density at radius 3 is 1.92 bits per heavy atom. The van der Waals surface area contributed by atoms with Crippen molar-refractivity contribution in [1.29, 1.82) is 0 Å². The highest BCUT2D eigenvalue weighted by Gasteiger charge is 2.23. The number of fused-ring (bicyclic) bond motifs is 2. The molecule has 0 atom stereocenters. The molecule has 0 bridgehead atoms. The first-order valence-electron chi connectivity index (χ1n) is 10.1. The molecule has 0 unspecified atom stereocenters. The zero-order chi connectivity index (χ0) is 16.4. The number of aliphatic hydroxyl groups is 1. The Kier molecular flexibility index (Phi) is 6.79. The molecule has 2 aliphatic carbocycles. The molecule has 3 aliphatic rings. The molecule has 140 valence electrons.